The number of carbonyl (C=O) groups excluding carboxylic acids is 2. The van der Waals surface area contributed by atoms with Crippen molar-refractivity contribution < 1.29 is 24.0 Å². The first kappa shape index (κ1) is 21.4. The Morgan fingerprint density at radius 1 is 1.12 bits per heavy atom. The zero-order valence-corrected chi connectivity index (χ0v) is 18.3. The summed E-state index contributed by atoms with van der Waals surface area (Å²) in [6.07, 6.45) is 0. The molecule has 3 aromatic rings. The summed E-state index contributed by atoms with van der Waals surface area (Å²) in [4.78, 5) is 27.5. The van der Waals surface area contributed by atoms with Crippen LogP contribution in [0.1, 0.15) is 48.3 Å². The van der Waals surface area contributed by atoms with Gasteiger partial charge in [0.15, 0.2) is 5.82 Å². The molecule has 0 saturated carbocycles. The van der Waals surface area contributed by atoms with Crippen LogP contribution in [-0.2, 0) is 9.59 Å². The number of rotatable bonds is 5. The maximum absolute atomic E-state index is 13.1. The molecule has 0 bridgehead atoms. The van der Waals surface area contributed by atoms with Gasteiger partial charge in [-0.3, -0.25) is 14.5 Å². The monoisotopic (exact) mass is 432 g/mol. The SMILES string of the molecule is COc1cccc(C(O)=C2C(=O)C(=O)N(c3cc(C)on3)[C@@H]2c2ccc(C(C)C)cc2)c1. The lowest BCUT2D eigenvalue weighted by molar-refractivity contribution is -0.132. The van der Waals surface area contributed by atoms with Crippen molar-refractivity contribution in [3.63, 3.8) is 0 Å². The van der Waals surface area contributed by atoms with E-state index in [4.69, 9.17) is 9.26 Å². The highest BCUT2D eigenvalue weighted by molar-refractivity contribution is 6.51. The van der Waals surface area contributed by atoms with Crippen molar-refractivity contribution in [1.29, 1.82) is 0 Å². The van der Waals surface area contributed by atoms with Gasteiger partial charge in [0.05, 0.1) is 18.7 Å². The van der Waals surface area contributed by atoms with E-state index in [2.05, 4.69) is 19.0 Å². The second kappa shape index (κ2) is 8.34. The summed E-state index contributed by atoms with van der Waals surface area (Å²) >= 11 is 0. The number of nitrogens with zero attached hydrogens (tertiary/aromatic N) is 2. The lowest BCUT2D eigenvalue weighted by atomic mass is 9.93. The number of aryl methyl sites for hydroxylation is 1. The zero-order valence-electron chi connectivity index (χ0n) is 18.3. The maximum atomic E-state index is 13.1. The predicted octanol–water partition coefficient (Wildman–Crippen LogP) is 4.74. The number of anilines is 1. The molecule has 0 unspecified atom stereocenters. The van der Waals surface area contributed by atoms with Gasteiger partial charge in [-0.05, 0) is 36.1 Å². The number of aromatic nitrogens is 1. The van der Waals surface area contributed by atoms with Crippen LogP contribution in [0.3, 0.4) is 0 Å². The first-order valence-corrected chi connectivity index (χ1v) is 10.3. The van der Waals surface area contributed by atoms with Crippen LogP contribution in [0, 0.1) is 6.92 Å². The van der Waals surface area contributed by atoms with Crippen molar-refractivity contribution >= 4 is 23.3 Å². The molecule has 7 nitrogen and oxygen atoms in total. The van der Waals surface area contributed by atoms with Crippen molar-refractivity contribution in [2.45, 2.75) is 32.7 Å². The Balaban J connectivity index is 1.92. The first-order chi connectivity index (χ1) is 15.3. The minimum atomic E-state index is -0.855. The smallest absolute Gasteiger partial charge is 0.301 e. The highest BCUT2D eigenvalue weighted by Gasteiger charge is 2.48. The molecule has 2 heterocycles. The van der Waals surface area contributed by atoms with Crippen LogP contribution in [0.5, 0.6) is 5.75 Å². The molecule has 2 aromatic carbocycles. The Morgan fingerprint density at radius 3 is 2.44 bits per heavy atom. The summed E-state index contributed by atoms with van der Waals surface area (Å²) in [7, 11) is 1.52. The second-order valence-corrected chi connectivity index (χ2v) is 8.02. The summed E-state index contributed by atoms with van der Waals surface area (Å²) in [6.45, 7) is 5.87. The molecule has 0 radical (unpaired) electrons. The lowest BCUT2D eigenvalue weighted by Crippen LogP contribution is -2.29. The van der Waals surface area contributed by atoms with E-state index >= 15 is 0 Å². The number of methoxy groups -OCH3 is 1. The van der Waals surface area contributed by atoms with E-state index in [0.29, 0.717) is 28.6 Å². The molecule has 7 heteroatoms. The van der Waals surface area contributed by atoms with Crippen molar-refractivity contribution in [1.82, 2.24) is 5.16 Å². The Kier molecular flexibility index (Phi) is 5.57. The Hall–Kier alpha value is -3.87. The first-order valence-electron chi connectivity index (χ1n) is 10.3. The van der Waals surface area contributed by atoms with Gasteiger partial charge in [0.2, 0.25) is 0 Å². The molecule has 1 fully saturated rings. The molecule has 0 aliphatic carbocycles. The average molecular weight is 432 g/mol. The van der Waals surface area contributed by atoms with Gasteiger partial charge in [0.1, 0.15) is 17.3 Å². The van der Waals surface area contributed by atoms with Gasteiger partial charge in [-0.1, -0.05) is 55.4 Å². The van der Waals surface area contributed by atoms with Crippen LogP contribution in [0.15, 0.2) is 64.7 Å². The number of benzene rings is 2. The molecule has 1 aliphatic heterocycles. The van der Waals surface area contributed by atoms with E-state index in [-0.39, 0.29) is 17.2 Å². The molecule has 1 amide bonds. The fraction of sp³-hybridized carbons (Fsp3) is 0.240. The van der Waals surface area contributed by atoms with E-state index in [9.17, 15) is 14.7 Å². The number of Topliss-reactive ketones (excluding diaryl/α,β-unsaturated/α-hetero) is 1. The summed E-state index contributed by atoms with van der Waals surface area (Å²) in [5.41, 5.74) is 2.16. The minimum Gasteiger partial charge on any atom is -0.507 e. The molecule has 0 spiro atoms. The number of hydrogen-bond acceptors (Lipinski definition) is 6. The van der Waals surface area contributed by atoms with Gasteiger partial charge >= 0.3 is 5.91 Å². The lowest BCUT2D eigenvalue weighted by Gasteiger charge is -2.23. The predicted molar refractivity (Wildman–Crippen MR) is 120 cm³/mol. The van der Waals surface area contributed by atoms with E-state index < -0.39 is 17.7 Å². The van der Waals surface area contributed by atoms with E-state index in [1.54, 1.807) is 37.3 Å². The highest BCUT2D eigenvalue weighted by Crippen LogP contribution is 2.42. The standard InChI is InChI=1S/C25H24N2O5/c1-14(2)16-8-10-17(11-9-16)22-21(23(28)18-6-5-7-19(13-18)31-4)24(29)25(30)27(22)20-12-15(3)32-26-20/h5-14,22,28H,1-4H3/t22-/m1/s1. The molecule has 1 atom stereocenters. The van der Waals surface area contributed by atoms with Crippen LogP contribution in [0.4, 0.5) is 5.82 Å². The molecule has 1 aliphatic rings. The third-order valence-corrected chi connectivity index (χ3v) is 5.57. The molecule has 1 aromatic heterocycles. The number of aliphatic hydroxyl groups excluding tert-OH is 1. The summed E-state index contributed by atoms with van der Waals surface area (Å²) in [5, 5.41) is 15.1. The number of ether oxygens (including phenoxy) is 1. The summed E-state index contributed by atoms with van der Waals surface area (Å²) < 4.78 is 10.4. The van der Waals surface area contributed by atoms with E-state index in [0.717, 1.165) is 5.56 Å². The summed E-state index contributed by atoms with van der Waals surface area (Å²) in [5.74, 6) is -0.276. The zero-order chi connectivity index (χ0) is 23.0. The molecular formula is C25H24N2O5. The van der Waals surface area contributed by atoms with Crippen molar-refractivity contribution in [2.75, 3.05) is 12.0 Å². The minimum absolute atomic E-state index is 0.0128. The molecule has 164 valence electrons. The van der Waals surface area contributed by atoms with E-state index in [1.807, 2.05) is 24.3 Å². The number of aliphatic hydroxyl groups is 1. The number of amides is 1. The van der Waals surface area contributed by atoms with Crippen molar-refractivity contribution in [3.05, 3.63) is 82.6 Å². The van der Waals surface area contributed by atoms with Gasteiger partial charge in [0.25, 0.3) is 5.78 Å². The molecule has 4 rings (SSSR count). The third-order valence-electron chi connectivity index (χ3n) is 5.57. The van der Waals surface area contributed by atoms with Crippen LogP contribution in [-0.4, -0.2) is 29.1 Å². The van der Waals surface area contributed by atoms with E-state index in [1.165, 1.54) is 12.0 Å². The normalized spacial score (nSPS) is 17.9. The van der Waals surface area contributed by atoms with Crippen molar-refractivity contribution in [3.8, 4) is 5.75 Å². The van der Waals surface area contributed by atoms with Gasteiger partial charge in [-0.15, -0.1) is 0 Å². The molecular weight excluding hydrogens is 408 g/mol. The van der Waals surface area contributed by atoms with Gasteiger partial charge in [-0.25, -0.2) is 0 Å². The molecule has 32 heavy (non-hydrogen) atoms. The Morgan fingerprint density at radius 2 is 1.84 bits per heavy atom. The number of hydrogen-bond donors (Lipinski definition) is 1. The number of ketones is 1. The van der Waals surface area contributed by atoms with Gasteiger partial charge in [0, 0.05) is 11.6 Å². The molecule has 1 N–H and O–H groups in total. The van der Waals surface area contributed by atoms with Crippen LogP contribution in [0.2, 0.25) is 0 Å². The van der Waals surface area contributed by atoms with Gasteiger partial charge < -0.3 is 14.4 Å². The summed E-state index contributed by atoms with van der Waals surface area (Å²) in [6, 6.07) is 15.1. The molecule has 1 saturated heterocycles. The van der Waals surface area contributed by atoms with Crippen LogP contribution < -0.4 is 9.64 Å². The quantitative estimate of drug-likeness (QED) is 0.356. The Bertz CT molecular complexity index is 1210. The largest absolute Gasteiger partial charge is 0.507 e. The highest BCUT2D eigenvalue weighted by atomic mass is 16.5. The topological polar surface area (TPSA) is 92.9 Å². The van der Waals surface area contributed by atoms with Crippen LogP contribution >= 0.6 is 0 Å². The second-order valence-electron chi connectivity index (χ2n) is 8.02. The van der Waals surface area contributed by atoms with Crippen molar-refractivity contribution in [2.24, 2.45) is 0 Å². The average Bonchev–Trinajstić information content (AvgIpc) is 3.34. The fourth-order valence-electron chi connectivity index (χ4n) is 3.84. The number of carbonyl (C=O) groups is 2. The van der Waals surface area contributed by atoms with Gasteiger partial charge in [-0.2, -0.15) is 0 Å². The fourth-order valence-corrected chi connectivity index (χ4v) is 3.84. The third kappa shape index (κ3) is 3.66. The Labute approximate surface area is 185 Å². The van der Waals surface area contributed by atoms with Crippen LogP contribution in [0.25, 0.3) is 5.76 Å². The maximum Gasteiger partial charge on any atom is 0.301 e.